The molecule has 0 amide bonds. The first-order chi connectivity index (χ1) is 5.26. The molecular weight excluding hydrogens is 138 g/mol. The maximum Gasteiger partial charge on any atom is 0.151 e. The standard InChI is InChI=1S/C9H15NO/c1-4-6-9(7-11)8(3)10-5-2/h6-7H,4-5H2,1-3H3/b9-6-,10-8?. The Hall–Kier alpha value is -0.920. The molecular formula is C9H15NO. The van der Waals surface area contributed by atoms with Crippen LogP contribution in [0.1, 0.15) is 27.2 Å². The van der Waals surface area contributed by atoms with E-state index in [0.29, 0.717) is 5.57 Å². The van der Waals surface area contributed by atoms with Gasteiger partial charge in [-0.05, 0) is 20.3 Å². The number of carbonyl (C=O) groups is 1. The first-order valence-corrected chi connectivity index (χ1v) is 3.93. The number of hydrogen-bond acceptors (Lipinski definition) is 2. The Labute approximate surface area is 68.0 Å². The molecule has 2 nitrogen and oxygen atoms in total. The number of rotatable bonds is 4. The molecule has 0 unspecified atom stereocenters. The number of nitrogens with zero attached hydrogens (tertiary/aromatic N) is 1. The third-order valence-corrected chi connectivity index (χ3v) is 1.36. The molecule has 0 N–H and O–H groups in total. The van der Waals surface area contributed by atoms with E-state index in [1.165, 1.54) is 0 Å². The summed E-state index contributed by atoms with van der Waals surface area (Å²) in [4.78, 5) is 14.6. The van der Waals surface area contributed by atoms with E-state index < -0.39 is 0 Å². The molecule has 0 saturated heterocycles. The van der Waals surface area contributed by atoms with Gasteiger partial charge in [-0.1, -0.05) is 13.0 Å². The Morgan fingerprint density at radius 1 is 1.45 bits per heavy atom. The lowest BCUT2D eigenvalue weighted by atomic mass is 10.1. The smallest absolute Gasteiger partial charge is 0.151 e. The topological polar surface area (TPSA) is 29.4 Å². The molecule has 0 fully saturated rings. The lowest BCUT2D eigenvalue weighted by Gasteiger charge is -1.96. The second kappa shape index (κ2) is 5.83. The van der Waals surface area contributed by atoms with Gasteiger partial charge in [0.15, 0.2) is 6.29 Å². The summed E-state index contributed by atoms with van der Waals surface area (Å²) in [5.74, 6) is 0. The largest absolute Gasteiger partial charge is 0.298 e. The van der Waals surface area contributed by atoms with Gasteiger partial charge in [0, 0.05) is 17.8 Å². The van der Waals surface area contributed by atoms with Gasteiger partial charge in [-0.25, -0.2) is 0 Å². The number of carbonyl (C=O) groups excluding carboxylic acids is 1. The molecule has 0 bridgehead atoms. The van der Waals surface area contributed by atoms with Gasteiger partial charge in [-0.3, -0.25) is 9.79 Å². The highest BCUT2D eigenvalue weighted by Gasteiger charge is 1.96. The Morgan fingerprint density at radius 2 is 2.09 bits per heavy atom. The lowest BCUT2D eigenvalue weighted by Crippen LogP contribution is -1.99. The molecule has 0 radical (unpaired) electrons. The fourth-order valence-electron chi connectivity index (χ4n) is 0.829. The van der Waals surface area contributed by atoms with Gasteiger partial charge in [0.25, 0.3) is 0 Å². The van der Waals surface area contributed by atoms with Crippen molar-refractivity contribution in [3.05, 3.63) is 11.6 Å². The molecule has 0 aromatic carbocycles. The van der Waals surface area contributed by atoms with Crippen LogP contribution in [0, 0.1) is 0 Å². The van der Waals surface area contributed by atoms with E-state index in [9.17, 15) is 4.79 Å². The first kappa shape index (κ1) is 10.1. The third-order valence-electron chi connectivity index (χ3n) is 1.36. The molecule has 0 aromatic heterocycles. The van der Waals surface area contributed by atoms with Gasteiger partial charge in [-0.15, -0.1) is 0 Å². The van der Waals surface area contributed by atoms with Gasteiger partial charge in [0.05, 0.1) is 0 Å². The molecule has 62 valence electrons. The van der Waals surface area contributed by atoms with Crippen molar-refractivity contribution < 1.29 is 4.79 Å². The van der Waals surface area contributed by atoms with Crippen LogP contribution in [0.3, 0.4) is 0 Å². The minimum Gasteiger partial charge on any atom is -0.298 e. The summed E-state index contributed by atoms with van der Waals surface area (Å²) in [5.41, 5.74) is 1.55. The summed E-state index contributed by atoms with van der Waals surface area (Å²) < 4.78 is 0. The van der Waals surface area contributed by atoms with Crippen LogP contribution in [-0.2, 0) is 4.79 Å². The summed E-state index contributed by atoms with van der Waals surface area (Å²) in [6, 6.07) is 0. The van der Waals surface area contributed by atoms with E-state index in [1.54, 1.807) is 0 Å². The molecule has 0 aromatic rings. The zero-order valence-electron chi connectivity index (χ0n) is 7.42. The van der Waals surface area contributed by atoms with Crippen LogP contribution < -0.4 is 0 Å². The highest BCUT2D eigenvalue weighted by molar-refractivity contribution is 6.13. The van der Waals surface area contributed by atoms with Gasteiger partial charge in [0.2, 0.25) is 0 Å². The highest BCUT2D eigenvalue weighted by Crippen LogP contribution is 1.96. The molecule has 0 aliphatic rings. The molecule has 0 aliphatic carbocycles. The second-order valence-electron chi connectivity index (χ2n) is 2.25. The molecule has 11 heavy (non-hydrogen) atoms. The number of aliphatic imine (C=N–C) groups is 1. The zero-order chi connectivity index (χ0) is 8.69. The van der Waals surface area contributed by atoms with Crippen LogP contribution in [0.25, 0.3) is 0 Å². The first-order valence-electron chi connectivity index (χ1n) is 3.93. The summed E-state index contributed by atoms with van der Waals surface area (Å²) in [6.07, 6.45) is 3.63. The fourth-order valence-corrected chi connectivity index (χ4v) is 0.829. The minimum atomic E-state index is 0.717. The van der Waals surface area contributed by atoms with E-state index in [4.69, 9.17) is 0 Å². The SMILES string of the molecule is CC/C=C(/C=O)C(C)=NCC. The van der Waals surface area contributed by atoms with Gasteiger partial charge < -0.3 is 0 Å². The van der Waals surface area contributed by atoms with Crippen molar-refractivity contribution in [3.8, 4) is 0 Å². The van der Waals surface area contributed by atoms with E-state index in [1.807, 2.05) is 26.8 Å². The molecule has 0 atom stereocenters. The van der Waals surface area contributed by atoms with E-state index in [2.05, 4.69) is 4.99 Å². The highest BCUT2D eigenvalue weighted by atomic mass is 16.1. The predicted octanol–water partition coefficient (Wildman–Crippen LogP) is 2.00. The average Bonchev–Trinajstić information content (AvgIpc) is 2.00. The Bertz CT molecular complexity index is 180. The molecule has 0 heterocycles. The third kappa shape index (κ3) is 3.71. The quantitative estimate of drug-likeness (QED) is 0.345. The van der Waals surface area contributed by atoms with Crippen molar-refractivity contribution in [2.75, 3.05) is 6.54 Å². The molecule has 0 aliphatic heterocycles. The Balaban J connectivity index is 4.37. The van der Waals surface area contributed by atoms with Crippen LogP contribution >= 0.6 is 0 Å². The van der Waals surface area contributed by atoms with E-state index in [0.717, 1.165) is 25.0 Å². The van der Waals surface area contributed by atoms with Crippen LogP contribution in [0.4, 0.5) is 0 Å². The Kier molecular flexibility index (Phi) is 5.35. The molecule has 2 heteroatoms. The monoisotopic (exact) mass is 153 g/mol. The second-order valence-corrected chi connectivity index (χ2v) is 2.25. The van der Waals surface area contributed by atoms with E-state index >= 15 is 0 Å². The van der Waals surface area contributed by atoms with Crippen LogP contribution in [0.5, 0.6) is 0 Å². The van der Waals surface area contributed by atoms with Gasteiger partial charge in [0.1, 0.15) is 0 Å². The molecule has 0 saturated carbocycles. The fraction of sp³-hybridized carbons (Fsp3) is 0.556. The maximum atomic E-state index is 10.5. The van der Waals surface area contributed by atoms with Crippen molar-refractivity contribution in [2.24, 2.45) is 4.99 Å². The van der Waals surface area contributed by atoms with Crippen molar-refractivity contribution in [2.45, 2.75) is 27.2 Å². The number of aldehydes is 1. The van der Waals surface area contributed by atoms with Crippen molar-refractivity contribution in [3.63, 3.8) is 0 Å². The molecule has 0 spiro atoms. The number of hydrogen-bond donors (Lipinski definition) is 0. The summed E-state index contributed by atoms with van der Waals surface area (Å²) in [7, 11) is 0. The van der Waals surface area contributed by atoms with Gasteiger partial charge >= 0.3 is 0 Å². The minimum absolute atomic E-state index is 0.717. The maximum absolute atomic E-state index is 10.5. The van der Waals surface area contributed by atoms with Crippen molar-refractivity contribution in [1.29, 1.82) is 0 Å². The predicted molar refractivity (Wildman–Crippen MR) is 48.1 cm³/mol. The Morgan fingerprint density at radius 3 is 2.45 bits per heavy atom. The van der Waals surface area contributed by atoms with Crippen LogP contribution in [0.15, 0.2) is 16.6 Å². The molecule has 0 rings (SSSR count). The van der Waals surface area contributed by atoms with Crippen LogP contribution in [-0.4, -0.2) is 18.5 Å². The summed E-state index contributed by atoms with van der Waals surface area (Å²) in [6.45, 7) is 6.56. The average molecular weight is 153 g/mol. The van der Waals surface area contributed by atoms with Crippen LogP contribution in [0.2, 0.25) is 0 Å². The normalized spacial score (nSPS) is 13.4. The lowest BCUT2D eigenvalue weighted by molar-refractivity contribution is -0.104. The van der Waals surface area contributed by atoms with Gasteiger partial charge in [-0.2, -0.15) is 0 Å². The van der Waals surface area contributed by atoms with Crippen molar-refractivity contribution >= 4 is 12.0 Å². The van der Waals surface area contributed by atoms with Crippen molar-refractivity contribution in [1.82, 2.24) is 0 Å². The summed E-state index contributed by atoms with van der Waals surface area (Å²) >= 11 is 0. The summed E-state index contributed by atoms with van der Waals surface area (Å²) in [5, 5.41) is 0. The van der Waals surface area contributed by atoms with E-state index in [-0.39, 0.29) is 0 Å². The zero-order valence-corrected chi connectivity index (χ0v) is 7.42. The number of allylic oxidation sites excluding steroid dienone is 2.